The van der Waals surface area contributed by atoms with Crippen LogP contribution in [0.1, 0.15) is 68.7 Å². The van der Waals surface area contributed by atoms with Gasteiger partial charge in [-0.25, -0.2) is 0 Å². The van der Waals surface area contributed by atoms with Crippen molar-refractivity contribution in [2.24, 2.45) is 0 Å². The van der Waals surface area contributed by atoms with Crippen LogP contribution in [0.4, 0.5) is 0 Å². The first-order valence-electron chi connectivity index (χ1n) is 11.8. The number of carbonyl (C=O) groups is 2. The fourth-order valence-electron chi connectivity index (χ4n) is 4.54. The number of ketones is 1. The van der Waals surface area contributed by atoms with Gasteiger partial charge in [0, 0.05) is 12.1 Å². The van der Waals surface area contributed by atoms with Gasteiger partial charge in [0.2, 0.25) is 0 Å². The molecule has 0 spiro atoms. The summed E-state index contributed by atoms with van der Waals surface area (Å²) in [6.45, 7) is 6.86. The Bertz CT molecular complexity index is 1210. The molecule has 1 unspecified atom stereocenters. The molecule has 3 aromatic rings. The number of likely N-dealkylation sites (tertiary alicyclic amines) is 1. The van der Waals surface area contributed by atoms with E-state index in [0.717, 1.165) is 35.6 Å². The third kappa shape index (κ3) is 4.43. The van der Waals surface area contributed by atoms with Crippen LogP contribution in [0.15, 0.2) is 72.3 Å². The van der Waals surface area contributed by atoms with Crippen molar-refractivity contribution < 1.29 is 14.7 Å². The molecule has 170 valence electrons. The molecular weight excluding hydrogens is 410 g/mol. The molecule has 1 aliphatic heterocycles. The first-order valence-corrected chi connectivity index (χ1v) is 11.8. The molecule has 0 aliphatic carbocycles. The Morgan fingerprint density at radius 2 is 1.64 bits per heavy atom. The van der Waals surface area contributed by atoms with E-state index in [2.05, 4.69) is 20.8 Å². The van der Waals surface area contributed by atoms with Gasteiger partial charge in [0.15, 0.2) is 0 Å². The highest BCUT2D eigenvalue weighted by atomic mass is 16.3. The molecule has 0 saturated carbocycles. The van der Waals surface area contributed by atoms with Crippen molar-refractivity contribution in [2.75, 3.05) is 6.54 Å². The first-order chi connectivity index (χ1) is 15.9. The van der Waals surface area contributed by atoms with Crippen molar-refractivity contribution >= 4 is 28.2 Å². The highest BCUT2D eigenvalue weighted by molar-refractivity contribution is 6.46. The van der Waals surface area contributed by atoms with Crippen LogP contribution >= 0.6 is 0 Å². The summed E-state index contributed by atoms with van der Waals surface area (Å²) in [5, 5.41) is 13.3. The minimum Gasteiger partial charge on any atom is -0.507 e. The Morgan fingerprint density at radius 3 is 2.30 bits per heavy atom. The molecule has 0 radical (unpaired) electrons. The molecule has 1 heterocycles. The molecule has 0 aromatic heterocycles. The lowest BCUT2D eigenvalue weighted by Crippen LogP contribution is -2.30. The molecule has 4 heteroatoms. The van der Waals surface area contributed by atoms with Gasteiger partial charge in [-0.3, -0.25) is 9.59 Å². The molecule has 0 bridgehead atoms. The minimum absolute atomic E-state index is 0.116. The molecular formula is C29H31NO3. The van der Waals surface area contributed by atoms with Gasteiger partial charge in [-0.1, -0.05) is 94.3 Å². The average Bonchev–Trinajstić information content (AvgIpc) is 3.08. The van der Waals surface area contributed by atoms with E-state index in [4.69, 9.17) is 0 Å². The third-order valence-corrected chi connectivity index (χ3v) is 6.48. The van der Waals surface area contributed by atoms with E-state index < -0.39 is 17.7 Å². The first kappa shape index (κ1) is 22.8. The van der Waals surface area contributed by atoms with E-state index in [-0.39, 0.29) is 11.3 Å². The molecule has 4 rings (SSSR count). The van der Waals surface area contributed by atoms with Gasteiger partial charge in [-0.2, -0.15) is 0 Å². The smallest absolute Gasteiger partial charge is 0.295 e. The Kier molecular flexibility index (Phi) is 6.64. The molecule has 3 aromatic carbocycles. The molecule has 33 heavy (non-hydrogen) atoms. The molecule has 1 fully saturated rings. The van der Waals surface area contributed by atoms with E-state index in [1.165, 1.54) is 5.56 Å². The molecule has 1 atom stereocenters. The quantitative estimate of drug-likeness (QED) is 0.195. The second-order valence-electron chi connectivity index (χ2n) is 9.08. The van der Waals surface area contributed by atoms with Gasteiger partial charge in [0.1, 0.15) is 5.76 Å². The number of benzene rings is 3. The molecule has 1 saturated heterocycles. The summed E-state index contributed by atoms with van der Waals surface area (Å²) in [6.07, 6.45) is 2.82. The molecule has 1 N–H and O–H groups in total. The largest absolute Gasteiger partial charge is 0.507 e. The maximum Gasteiger partial charge on any atom is 0.295 e. The number of rotatable bonds is 7. The number of hydrogen-bond acceptors (Lipinski definition) is 3. The van der Waals surface area contributed by atoms with Crippen LogP contribution in [0.3, 0.4) is 0 Å². The van der Waals surface area contributed by atoms with Gasteiger partial charge in [-0.05, 0) is 40.3 Å². The van der Waals surface area contributed by atoms with E-state index in [1.54, 1.807) is 11.0 Å². The Balaban J connectivity index is 1.83. The zero-order valence-corrected chi connectivity index (χ0v) is 19.5. The fourth-order valence-corrected chi connectivity index (χ4v) is 4.54. The summed E-state index contributed by atoms with van der Waals surface area (Å²) < 4.78 is 0. The summed E-state index contributed by atoms with van der Waals surface area (Å²) in [6, 6.07) is 20.9. The standard InChI is InChI=1S/C29H31NO3/c1-4-5-8-17-30-26(22-14-11-20(12-15-22)19(2)3)25(28(32)29(30)33)27(31)24-16-13-21-9-6-7-10-23(21)18-24/h6-7,9-16,18-19,26,31H,4-5,8,17H2,1-3H3/b27-25-. The zero-order chi connectivity index (χ0) is 23.5. The number of amides is 1. The van der Waals surface area contributed by atoms with Gasteiger partial charge in [-0.15, -0.1) is 0 Å². The fraction of sp³-hybridized carbons (Fsp3) is 0.310. The highest BCUT2D eigenvalue weighted by Crippen LogP contribution is 2.40. The van der Waals surface area contributed by atoms with Crippen molar-refractivity contribution in [1.29, 1.82) is 0 Å². The number of unbranched alkanes of at least 4 members (excludes halogenated alkanes) is 2. The molecule has 1 amide bonds. The van der Waals surface area contributed by atoms with E-state index >= 15 is 0 Å². The van der Waals surface area contributed by atoms with Crippen LogP contribution < -0.4 is 0 Å². The van der Waals surface area contributed by atoms with Gasteiger partial charge >= 0.3 is 0 Å². The summed E-state index contributed by atoms with van der Waals surface area (Å²) in [7, 11) is 0. The zero-order valence-electron chi connectivity index (χ0n) is 19.5. The number of aliphatic hydroxyl groups excluding tert-OH is 1. The normalized spacial score (nSPS) is 17.9. The summed E-state index contributed by atoms with van der Waals surface area (Å²) >= 11 is 0. The second kappa shape index (κ2) is 9.62. The van der Waals surface area contributed by atoms with Crippen molar-refractivity contribution in [3.8, 4) is 0 Å². The van der Waals surface area contributed by atoms with E-state index in [0.29, 0.717) is 18.0 Å². The highest BCUT2D eigenvalue weighted by Gasteiger charge is 2.45. The van der Waals surface area contributed by atoms with Crippen LogP contribution in [0.25, 0.3) is 16.5 Å². The summed E-state index contributed by atoms with van der Waals surface area (Å²) in [5.41, 5.74) is 2.75. The van der Waals surface area contributed by atoms with E-state index in [9.17, 15) is 14.7 Å². The van der Waals surface area contributed by atoms with Crippen molar-refractivity contribution in [2.45, 2.75) is 52.0 Å². The minimum atomic E-state index is -0.616. The van der Waals surface area contributed by atoms with Gasteiger partial charge in [0.05, 0.1) is 11.6 Å². The number of hydrogen-bond donors (Lipinski definition) is 1. The Morgan fingerprint density at radius 1 is 0.939 bits per heavy atom. The Hall–Kier alpha value is -3.40. The average molecular weight is 442 g/mol. The van der Waals surface area contributed by atoms with Crippen LogP contribution in [0.2, 0.25) is 0 Å². The van der Waals surface area contributed by atoms with Crippen LogP contribution in [-0.4, -0.2) is 28.2 Å². The monoisotopic (exact) mass is 441 g/mol. The SMILES string of the molecule is CCCCCN1C(=O)C(=O)/C(=C(\O)c2ccc3ccccc3c2)C1c1ccc(C(C)C)cc1. The predicted molar refractivity (Wildman–Crippen MR) is 133 cm³/mol. The number of fused-ring (bicyclic) bond motifs is 1. The number of Topliss-reactive ketones (excluding diaryl/α,β-unsaturated/α-hetero) is 1. The third-order valence-electron chi connectivity index (χ3n) is 6.48. The summed E-state index contributed by atoms with van der Waals surface area (Å²) in [4.78, 5) is 27.9. The van der Waals surface area contributed by atoms with Crippen LogP contribution in [0.5, 0.6) is 0 Å². The van der Waals surface area contributed by atoms with Crippen LogP contribution in [0, 0.1) is 0 Å². The van der Waals surface area contributed by atoms with Crippen molar-refractivity contribution in [3.05, 3.63) is 89.0 Å². The second-order valence-corrected chi connectivity index (χ2v) is 9.08. The maximum absolute atomic E-state index is 13.2. The van der Waals surface area contributed by atoms with Crippen molar-refractivity contribution in [1.82, 2.24) is 4.90 Å². The predicted octanol–water partition coefficient (Wildman–Crippen LogP) is 6.58. The Labute approximate surface area is 195 Å². The maximum atomic E-state index is 13.2. The lowest BCUT2D eigenvalue weighted by molar-refractivity contribution is -0.139. The lowest BCUT2D eigenvalue weighted by Gasteiger charge is -2.25. The van der Waals surface area contributed by atoms with Gasteiger partial charge < -0.3 is 10.0 Å². The van der Waals surface area contributed by atoms with Gasteiger partial charge in [0.25, 0.3) is 11.7 Å². The van der Waals surface area contributed by atoms with E-state index in [1.807, 2.05) is 60.7 Å². The van der Waals surface area contributed by atoms with Crippen LogP contribution in [-0.2, 0) is 9.59 Å². The number of carbonyl (C=O) groups excluding carboxylic acids is 2. The molecule has 1 aliphatic rings. The molecule has 4 nitrogen and oxygen atoms in total. The number of nitrogens with zero attached hydrogens (tertiary/aromatic N) is 1. The van der Waals surface area contributed by atoms with Crippen molar-refractivity contribution in [3.63, 3.8) is 0 Å². The summed E-state index contributed by atoms with van der Waals surface area (Å²) in [5.74, 6) is -0.885. The topological polar surface area (TPSA) is 57.6 Å². The number of aliphatic hydroxyl groups is 1. The lowest BCUT2D eigenvalue weighted by atomic mass is 9.92.